The van der Waals surface area contributed by atoms with Crippen LogP contribution in [0.15, 0.2) is 41.3 Å². The zero-order valence-corrected chi connectivity index (χ0v) is 14.7. The number of alkyl halides is 2. The summed E-state index contributed by atoms with van der Waals surface area (Å²) in [5.41, 5.74) is -1.92. The number of hydrogen-bond acceptors (Lipinski definition) is 3. The lowest BCUT2D eigenvalue weighted by molar-refractivity contribution is 0.145. The molecule has 0 aliphatic heterocycles. The first kappa shape index (κ1) is 19.9. The molecule has 0 bridgehead atoms. The molecule has 28 heavy (non-hydrogen) atoms. The molecule has 0 unspecified atom stereocenters. The van der Waals surface area contributed by atoms with Gasteiger partial charge in [-0.05, 0) is 30.3 Å². The van der Waals surface area contributed by atoms with E-state index in [4.69, 9.17) is 0 Å². The van der Waals surface area contributed by atoms with Crippen LogP contribution in [0.3, 0.4) is 0 Å². The molecule has 2 aromatic carbocycles. The minimum Gasteiger partial charge on any atom is -0.230 e. The summed E-state index contributed by atoms with van der Waals surface area (Å²) >= 11 is 0. The Morgan fingerprint density at radius 1 is 0.893 bits per heavy atom. The number of aromatic nitrogens is 2. The summed E-state index contributed by atoms with van der Waals surface area (Å²) in [5.74, 6) is -5.08. The standard InChI is InChI=1S/C17H10F6N2O2S/c1-28(26,27)16-6-11(20)15(5-12(16)21)25-14(7-13(24-25)17(22)23)8-2-3-9(18)10(19)4-8/h2-7,17H,1H3. The molecule has 0 N–H and O–H groups in total. The van der Waals surface area contributed by atoms with Gasteiger partial charge in [0.25, 0.3) is 6.43 Å². The lowest BCUT2D eigenvalue weighted by atomic mass is 10.1. The van der Waals surface area contributed by atoms with E-state index in [9.17, 15) is 34.8 Å². The Morgan fingerprint density at radius 3 is 2.14 bits per heavy atom. The number of halogens is 6. The number of hydrogen-bond donors (Lipinski definition) is 0. The molecule has 0 aliphatic rings. The summed E-state index contributed by atoms with van der Waals surface area (Å²) in [5, 5.41) is 3.50. The summed E-state index contributed by atoms with van der Waals surface area (Å²) in [6, 6.07) is 4.11. The molecule has 1 aromatic heterocycles. The number of nitrogens with zero attached hydrogens (tertiary/aromatic N) is 2. The molecule has 0 atom stereocenters. The van der Waals surface area contributed by atoms with Gasteiger partial charge in [-0.1, -0.05) is 0 Å². The Hall–Kier alpha value is -2.82. The van der Waals surface area contributed by atoms with Gasteiger partial charge in [-0.15, -0.1) is 0 Å². The first-order valence-electron chi connectivity index (χ1n) is 7.52. The highest BCUT2D eigenvalue weighted by Gasteiger charge is 2.23. The van der Waals surface area contributed by atoms with Crippen molar-refractivity contribution in [3.05, 3.63) is 65.4 Å². The molecule has 0 fully saturated rings. The summed E-state index contributed by atoms with van der Waals surface area (Å²) in [4.78, 5) is -0.927. The van der Waals surface area contributed by atoms with Crippen LogP contribution in [0.1, 0.15) is 12.1 Å². The van der Waals surface area contributed by atoms with Crippen LogP contribution in [-0.4, -0.2) is 24.5 Å². The molecular weight excluding hydrogens is 410 g/mol. The van der Waals surface area contributed by atoms with Gasteiger partial charge in [-0.25, -0.2) is 39.4 Å². The number of benzene rings is 2. The van der Waals surface area contributed by atoms with Gasteiger partial charge in [0.15, 0.2) is 21.5 Å². The normalized spacial score (nSPS) is 12.0. The molecule has 1 heterocycles. The van der Waals surface area contributed by atoms with Crippen molar-refractivity contribution in [1.29, 1.82) is 0 Å². The van der Waals surface area contributed by atoms with E-state index < -0.39 is 55.8 Å². The summed E-state index contributed by atoms with van der Waals surface area (Å²) in [7, 11) is -4.09. The predicted molar refractivity (Wildman–Crippen MR) is 86.9 cm³/mol. The van der Waals surface area contributed by atoms with Crippen molar-refractivity contribution in [2.45, 2.75) is 11.3 Å². The average molecular weight is 420 g/mol. The molecule has 11 heteroatoms. The van der Waals surface area contributed by atoms with Crippen LogP contribution < -0.4 is 0 Å². The van der Waals surface area contributed by atoms with Gasteiger partial charge in [0, 0.05) is 17.9 Å². The summed E-state index contributed by atoms with van der Waals surface area (Å²) < 4.78 is 105. The first-order chi connectivity index (χ1) is 13.0. The van der Waals surface area contributed by atoms with Crippen LogP contribution in [0.5, 0.6) is 0 Å². The van der Waals surface area contributed by atoms with E-state index in [0.29, 0.717) is 29.1 Å². The van der Waals surface area contributed by atoms with Crippen molar-refractivity contribution < 1.29 is 34.8 Å². The summed E-state index contributed by atoms with van der Waals surface area (Å²) in [6.45, 7) is 0. The predicted octanol–water partition coefficient (Wildman–Crippen LogP) is 4.44. The van der Waals surface area contributed by atoms with Crippen LogP contribution in [0, 0.1) is 23.3 Å². The third-order valence-corrected chi connectivity index (χ3v) is 4.91. The lowest BCUT2D eigenvalue weighted by Gasteiger charge is -2.11. The second-order valence-electron chi connectivity index (χ2n) is 5.80. The molecule has 148 valence electrons. The van der Waals surface area contributed by atoms with Crippen molar-refractivity contribution in [2.24, 2.45) is 0 Å². The molecule has 0 saturated carbocycles. The van der Waals surface area contributed by atoms with E-state index in [1.165, 1.54) is 0 Å². The molecule has 0 spiro atoms. The summed E-state index contributed by atoms with van der Waals surface area (Å²) in [6.07, 6.45) is -2.42. The van der Waals surface area contributed by atoms with Crippen LogP contribution in [0.25, 0.3) is 16.9 Å². The Bertz CT molecular complexity index is 1170. The fourth-order valence-electron chi connectivity index (χ4n) is 2.52. The maximum Gasteiger partial charge on any atom is 0.282 e. The lowest BCUT2D eigenvalue weighted by Crippen LogP contribution is -2.08. The molecule has 3 aromatic rings. The van der Waals surface area contributed by atoms with Crippen LogP contribution in [-0.2, 0) is 9.84 Å². The van der Waals surface area contributed by atoms with Crippen molar-refractivity contribution >= 4 is 9.84 Å². The van der Waals surface area contributed by atoms with E-state index in [2.05, 4.69) is 5.10 Å². The van der Waals surface area contributed by atoms with Crippen LogP contribution in [0.2, 0.25) is 0 Å². The molecule has 4 nitrogen and oxygen atoms in total. The van der Waals surface area contributed by atoms with Crippen molar-refractivity contribution in [2.75, 3.05) is 6.26 Å². The minimum absolute atomic E-state index is 0.134. The van der Waals surface area contributed by atoms with E-state index in [1.807, 2.05) is 0 Å². The van der Waals surface area contributed by atoms with Crippen molar-refractivity contribution in [3.63, 3.8) is 0 Å². The monoisotopic (exact) mass is 420 g/mol. The highest BCUT2D eigenvalue weighted by molar-refractivity contribution is 7.90. The molecule has 0 saturated heterocycles. The Labute approximate surface area is 155 Å². The SMILES string of the molecule is CS(=O)(=O)c1cc(F)c(-n2nc(C(F)F)cc2-c2ccc(F)c(F)c2)cc1F. The second kappa shape index (κ2) is 6.97. The second-order valence-corrected chi connectivity index (χ2v) is 7.79. The molecule has 0 amide bonds. The van der Waals surface area contributed by atoms with Gasteiger partial charge < -0.3 is 0 Å². The van der Waals surface area contributed by atoms with Crippen molar-refractivity contribution in [3.8, 4) is 16.9 Å². The van der Waals surface area contributed by atoms with E-state index in [0.717, 1.165) is 18.2 Å². The minimum atomic E-state index is -4.09. The quantitative estimate of drug-likeness (QED) is 0.587. The third kappa shape index (κ3) is 3.61. The smallest absolute Gasteiger partial charge is 0.230 e. The van der Waals surface area contributed by atoms with E-state index in [-0.39, 0.29) is 11.3 Å². The van der Waals surface area contributed by atoms with Gasteiger partial charge in [0.05, 0.1) is 5.69 Å². The Morgan fingerprint density at radius 2 is 1.57 bits per heavy atom. The van der Waals surface area contributed by atoms with E-state index in [1.54, 1.807) is 0 Å². The third-order valence-electron chi connectivity index (χ3n) is 3.80. The van der Waals surface area contributed by atoms with Crippen molar-refractivity contribution in [1.82, 2.24) is 9.78 Å². The zero-order chi connectivity index (χ0) is 20.8. The van der Waals surface area contributed by atoms with Gasteiger partial charge in [0.1, 0.15) is 27.9 Å². The van der Waals surface area contributed by atoms with Crippen LogP contribution in [0.4, 0.5) is 26.3 Å². The molecule has 0 radical (unpaired) electrons. The zero-order valence-electron chi connectivity index (χ0n) is 13.9. The average Bonchev–Trinajstić information content (AvgIpc) is 3.03. The van der Waals surface area contributed by atoms with E-state index >= 15 is 0 Å². The number of sulfone groups is 1. The van der Waals surface area contributed by atoms with Gasteiger partial charge in [0.2, 0.25) is 0 Å². The van der Waals surface area contributed by atoms with Gasteiger partial charge in [-0.2, -0.15) is 5.10 Å². The van der Waals surface area contributed by atoms with Crippen LogP contribution >= 0.6 is 0 Å². The molecular formula is C17H10F6N2O2S. The first-order valence-corrected chi connectivity index (χ1v) is 9.41. The fraction of sp³-hybridized carbons (Fsp3) is 0.118. The molecule has 0 aliphatic carbocycles. The highest BCUT2D eigenvalue weighted by atomic mass is 32.2. The topological polar surface area (TPSA) is 52.0 Å². The highest BCUT2D eigenvalue weighted by Crippen LogP contribution is 2.31. The van der Waals surface area contributed by atoms with Gasteiger partial charge in [-0.3, -0.25) is 0 Å². The fourth-order valence-corrected chi connectivity index (χ4v) is 3.25. The maximum absolute atomic E-state index is 14.5. The Balaban J connectivity index is 2.27. The molecule has 3 rings (SSSR count). The maximum atomic E-state index is 14.5. The largest absolute Gasteiger partial charge is 0.282 e. The Kier molecular flexibility index (Phi) is 4.96. The van der Waals surface area contributed by atoms with Gasteiger partial charge >= 0.3 is 0 Å². The number of rotatable bonds is 4.